The quantitative estimate of drug-likeness (QED) is 0.441. The zero-order valence-corrected chi connectivity index (χ0v) is 21.5. The number of carbonyl (C=O) groups is 1. The number of fused-ring (bicyclic) bond motifs is 1. The lowest BCUT2D eigenvalue weighted by Crippen LogP contribution is -2.59. The van der Waals surface area contributed by atoms with E-state index in [1.807, 2.05) is 82.3 Å². The average molecular weight is 494 g/mol. The number of ether oxygens (including phenoxy) is 3. The number of likely N-dealkylation sites (tertiary alicyclic amines) is 1. The predicted octanol–water partition coefficient (Wildman–Crippen LogP) is 4.54. The lowest BCUT2D eigenvalue weighted by Gasteiger charge is -2.39. The van der Waals surface area contributed by atoms with Crippen molar-refractivity contribution in [2.75, 3.05) is 26.3 Å². The fraction of sp³-hybridized carbons (Fsp3) is 0.429. The van der Waals surface area contributed by atoms with Crippen LogP contribution in [-0.2, 0) is 22.6 Å². The van der Waals surface area contributed by atoms with Gasteiger partial charge in [-0.2, -0.15) is 0 Å². The van der Waals surface area contributed by atoms with Crippen molar-refractivity contribution in [2.24, 2.45) is 0 Å². The fourth-order valence-electron chi connectivity index (χ4n) is 4.24. The first-order chi connectivity index (χ1) is 17.2. The van der Waals surface area contributed by atoms with Crippen molar-refractivity contribution in [1.82, 2.24) is 14.8 Å². The van der Waals surface area contributed by atoms with Crippen molar-refractivity contribution in [3.63, 3.8) is 0 Å². The van der Waals surface area contributed by atoms with E-state index in [2.05, 4.69) is 10.2 Å². The number of aromatic nitrogens is 1. The van der Waals surface area contributed by atoms with Crippen LogP contribution in [0.4, 0.5) is 4.79 Å². The molecule has 0 atom stereocenters. The second kappa shape index (κ2) is 11.1. The van der Waals surface area contributed by atoms with Gasteiger partial charge in [0.2, 0.25) is 0 Å². The molecule has 0 spiro atoms. The van der Waals surface area contributed by atoms with Crippen molar-refractivity contribution in [3.8, 4) is 11.5 Å². The van der Waals surface area contributed by atoms with Gasteiger partial charge in [-0.15, -0.1) is 0 Å². The second-order valence-corrected chi connectivity index (χ2v) is 10.00. The number of hydrogen-bond acceptors (Lipinski definition) is 6. The van der Waals surface area contributed by atoms with Crippen LogP contribution in [0.25, 0.3) is 10.9 Å². The Kier molecular flexibility index (Phi) is 7.96. The summed E-state index contributed by atoms with van der Waals surface area (Å²) in [5.41, 5.74) is 0.955. The molecule has 1 fully saturated rings. The Labute approximate surface area is 211 Å². The van der Waals surface area contributed by atoms with Gasteiger partial charge in [0.15, 0.2) is 0 Å². The van der Waals surface area contributed by atoms with Crippen molar-refractivity contribution >= 4 is 17.0 Å². The summed E-state index contributed by atoms with van der Waals surface area (Å²) >= 11 is 0. The highest BCUT2D eigenvalue weighted by Gasteiger charge is 2.30. The molecular formula is C28H35N3O5. The third-order valence-corrected chi connectivity index (χ3v) is 5.86. The highest BCUT2D eigenvalue weighted by atomic mass is 16.6. The number of para-hydroxylation sites is 1. The molecule has 1 amide bonds. The molecule has 3 aromatic rings. The maximum absolute atomic E-state index is 13.5. The molecule has 192 valence electrons. The molecule has 1 aromatic heterocycles. The van der Waals surface area contributed by atoms with Crippen LogP contribution >= 0.6 is 0 Å². The Balaban J connectivity index is 1.50. The summed E-state index contributed by atoms with van der Waals surface area (Å²) in [6.45, 7) is 10.8. The molecule has 4 rings (SSSR count). The number of nitrogens with zero attached hydrogens (tertiary/aromatic N) is 2. The van der Waals surface area contributed by atoms with E-state index in [1.165, 1.54) is 0 Å². The lowest BCUT2D eigenvalue weighted by molar-refractivity contribution is 0.0392. The van der Waals surface area contributed by atoms with Crippen LogP contribution in [0.5, 0.6) is 11.5 Å². The van der Waals surface area contributed by atoms with E-state index in [9.17, 15) is 9.59 Å². The summed E-state index contributed by atoms with van der Waals surface area (Å²) in [6, 6.07) is 17.3. The standard InChI is InChI=1S/C28H35N3O5/c1-5-34-14-13-31-25-16-24(35-23-9-7-6-8-10-23)12-11-20(25)15-21(26(31)32)17-30-18-22(19-30)29-27(33)36-28(2,3)4/h6-12,15-16,22H,5,13-14,17-19H2,1-4H3,(H,29,33). The number of carbonyl (C=O) groups excluding carboxylic acids is 1. The zero-order chi connectivity index (χ0) is 25.7. The Hall–Kier alpha value is -3.36. The highest BCUT2D eigenvalue weighted by Crippen LogP contribution is 2.26. The Morgan fingerprint density at radius 2 is 1.81 bits per heavy atom. The molecule has 1 aliphatic heterocycles. The SMILES string of the molecule is CCOCCn1c(=O)c(CN2CC(NC(=O)OC(C)(C)C)C2)cc2ccc(Oc3ccccc3)cc21. The number of amides is 1. The molecule has 0 unspecified atom stereocenters. The van der Waals surface area contributed by atoms with Gasteiger partial charge in [0.25, 0.3) is 5.56 Å². The van der Waals surface area contributed by atoms with Crippen LogP contribution in [0.3, 0.4) is 0 Å². The lowest BCUT2D eigenvalue weighted by atomic mass is 10.1. The summed E-state index contributed by atoms with van der Waals surface area (Å²) < 4.78 is 18.7. The molecular weight excluding hydrogens is 458 g/mol. The van der Waals surface area contributed by atoms with Crippen molar-refractivity contribution in [1.29, 1.82) is 0 Å². The summed E-state index contributed by atoms with van der Waals surface area (Å²) in [7, 11) is 0. The van der Waals surface area contributed by atoms with Gasteiger partial charge in [-0.3, -0.25) is 9.69 Å². The van der Waals surface area contributed by atoms with E-state index in [-0.39, 0.29) is 11.6 Å². The van der Waals surface area contributed by atoms with Gasteiger partial charge in [0.1, 0.15) is 17.1 Å². The van der Waals surface area contributed by atoms with Crippen molar-refractivity contribution in [3.05, 3.63) is 70.5 Å². The number of benzene rings is 2. The van der Waals surface area contributed by atoms with Crippen LogP contribution < -0.4 is 15.6 Å². The predicted molar refractivity (Wildman–Crippen MR) is 140 cm³/mol. The van der Waals surface area contributed by atoms with Gasteiger partial charge in [0, 0.05) is 44.4 Å². The van der Waals surface area contributed by atoms with E-state index in [4.69, 9.17) is 14.2 Å². The van der Waals surface area contributed by atoms with Gasteiger partial charge in [0.05, 0.1) is 18.2 Å². The molecule has 36 heavy (non-hydrogen) atoms. The van der Waals surface area contributed by atoms with Gasteiger partial charge in [-0.25, -0.2) is 4.79 Å². The molecule has 2 heterocycles. The van der Waals surface area contributed by atoms with E-state index in [0.717, 1.165) is 16.7 Å². The van der Waals surface area contributed by atoms with Gasteiger partial charge in [-0.1, -0.05) is 18.2 Å². The largest absolute Gasteiger partial charge is 0.457 e. The molecule has 1 N–H and O–H groups in total. The van der Waals surface area contributed by atoms with Crippen molar-refractivity contribution < 1.29 is 19.0 Å². The monoisotopic (exact) mass is 493 g/mol. The maximum Gasteiger partial charge on any atom is 0.407 e. The third kappa shape index (κ3) is 6.65. The molecule has 8 heteroatoms. The minimum atomic E-state index is -0.531. The van der Waals surface area contributed by atoms with Gasteiger partial charge >= 0.3 is 6.09 Å². The highest BCUT2D eigenvalue weighted by molar-refractivity contribution is 5.81. The molecule has 1 saturated heterocycles. The summed E-state index contributed by atoms with van der Waals surface area (Å²) in [5.74, 6) is 1.41. The maximum atomic E-state index is 13.5. The number of pyridine rings is 1. The average Bonchev–Trinajstić information content (AvgIpc) is 2.79. The van der Waals surface area contributed by atoms with E-state index in [0.29, 0.717) is 50.7 Å². The molecule has 1 aliphatic rings. The topological polar surface area (TPSA) is 82.0 Å². The van der Waals surface area contributed by atoms with E-state index < -0.39 is 11.7 Å². The number of alkyl carbamates (subject to hydrolysis) is 1. The first-order valence-corrected chi connectivity index (χ1v) is 12.4. The Morgan fingerprint density at radius 3 is 2.50 bits per heavy atom. The zero-order valence-electron chi connectivity index (χ0n) is 21.5. The van der Waals surface area contributed by atoms with Crippen LogP contribution in [-0.4, -0.2) is 53.5 Å². The Bertz CT molecular complexity index is 1240. The summed E-state index contributed by atoms with van der Waals surface area (Å²) in [6.07, 6.45) is -0.412. The fourth-order valence-corrected chi connectivity index (χ4v) is 4.24. The molecule has 0 saturated carbocycles. The number of hydrogen-bond donors (Lipinski definition) is 1. The summed E-state index contributed by atoms with van der Waals surface area (Å²) in [5, 5.41) is 3.85. The van der Waals surface area contributed by atoms with Gasteiger partial charge < -0.3 is 24.1 Å². The number of nitrogens with one attached hydrogen (secondary N) is 1. The smallest absolute Gasteiger partial charge is 0.407 e. The first-order valence-electron chi connectivity index (χ1n) is 12.4. The molecule has 0 bridgehead atoms. The first kappa shape index (κ1) is 25.7. The van der Waals surface area contributed by atoms with Crippen LogP contribution in [0.1, 0.15) is 33.3 Å². The minimum Gasteiger partial charge on any atom is -0.457 e. The third-order valence-electron chi connectivity index (χ3n) is 5.86. The Morgan fingerprint density at radius 1 is 1.06 bits per heavy atom. The minimum absolute atomic E-state index is 0.0122. The molecule has 8 nitrogen and oxygen atoms in total. The second-order valence-electron chi connectivity index (χ2n) is 10.00. The van der Waals surface area contributed by atoms with E-state index in [1.54, 1.807) is 4.57 Å². The van der Waals surface area contributed by atoms with Gasteiger partial charge in [-0.05, 0) is 63.4 Å². The van der Waals surface area contributed by atoms with Crippen LogP contribution in [0.2, 0.25) is 0 Å². The van der Waals surface area contributed by atoms with Crippen LogP contribution in [0.15, 0.2) is 59.4 Å². The van der Waals surface area contributed by atoms with Crippen molar-refractivity contribution in [2.45, 2.75) is 52.4 Å². The molecule has 2 aromatic carbocycles. The van der Waals surface area contributed by atoms with E-state index >= 15 is 0 Å². The summed E-state index contributed by atoms with van der Waals surface area (Å²) in [4.78, 5) is 27.6. The number of rotatable bonds is 9. The molecule has 0 radical (unpaired) electrons. The normalized spacial score (nSPS) is 14.4. The van der Waals surface area contributed by atoms with Crippen LogP contribution in [0, 0.1) is 0 Å². The molecule has 0 aliphatic carbocycles.